The number of carbonyl (C=O) groups excluding carboxylic acids is 2. The van der Waals surface area contributed by atoms with E-state index in [1.54, 1.807) is 25.1 Å². The van der Waals surface area contributed by atoms with Gasteiger partial charge in [-0.1, -0.05) is 68.3 Å². The van der Waals surface area contributed by atoms with Gasteiger partial charge in [0.25, 0.3) is 0 Å². The molecule has 0 bridgehead atoms. The summed E-state index contributed by atoms with van der Waals surface area (Å²) in [6.07, 6.45) is 5.71. The molecule has 0 spiro atoms. The Kier molecular flexibility index (Phi) is 7.14. The molecule has 1 saturated carbocycles. The highest BCUT2D eigenvalue weighted by atomic mass is 35.5. The van der Waals surface area contributed by atoms with Crippen molar-refractivity contribution in [1.29, 1.82) is 0 Å². The molecule has 0 aromatic heterocycles. The van der Waals surface area contributed by atoms with E-state index in [4.69, 9.17) is 16.3 Å². The van der Waals surface area contributed by atoms with Crippen molar-refractivity contribution in [3.8, 4) is 0 Å². The SMILES string of the molecule is C/C(=C\c1ccc(Cl)cc1)C(=O)OC1(C(=O)c2ccc(C(C)C)cc2)CCCCC1. The van der Waals surface area contributed by atoms with Gasteiger partial charge in [0, 0.05) is 16.2 Å². The third kappa shape index (κ3) is 5.20. The second-order valence-corrected chi connectivity index (χ2v) is 8.87. The molecule has 1 aliphatic carbocycles. The normalized spacial score (nSPS) is 16.4. The molecule has 1 aliphatic rings. The third-order valence-electron chi connectivity index (χ3n) is 5.78. The van der Waals surface area contributed by atoms with Crippen molar-refractivity contribution in [2.75, 3.05) is 0 Å². The minimum absolute atomic E-state index is 0.0925. The number of ketones is 1. The second kappa shape index (κ2) is 9.61. The number of hydrogen-bond acceptors (Lipinski definition) is 3. The largest absolute Gasteiger partial charge is 0.447 e. The zero-order valence-corrected chi connectivity index (χ0v) is 18.7. The standard InChI is InChI=1S/C26H29ClO3/c1-18(2)21-9-11-22(12-10-21)24(28)26(15-5-4-6-16-26)30-25(29)19(3)17-20-7-13-23(27)14-8-20/h7-14,17-18H,4-6,15-16H2,1-3H3/b19-17+. The predicted molar refractivity (Wildman–Crippen MR) is 122 cm³/mol. The summed E-state index contributed by atoms with van der Waals surface area (Å²) in [4.78, 5) is 26.3. The fraction of sp³-hybridized carbons (Fsp3) is 0.385. The van der Waals surface area contributed by atoms with Crippen LogP contribution in [0.2, 0.25) is 5.02 Å². The minimum Gasteiger partial charge on any atom is -0.447 e. The van der Waals surface area contributed by atoms with Gasteiger partial charge < -0.3 is 4.74 Å². The van der Waals surface area contributed by atoms with Crippen molar-refractivity contribution in [2.24, 2.45) is 0 Å². The lowest BCUT2D eigenvalue weighted by Gasteiger charge is -2.35. The van der Waals surface area contributed by atoms with Crippen LogP contribution in [0.1, 0.15) is 80.3 Å². The summed E-state index contributed by atoms with van der Waals surface area (Å²) in [5, 5.41) is 0.641. The Hall–Kier alpha value is -2.39. The molecule has 0 heterocycles. The summed E-state index contributed by atoms with van der Waals surface area (Å²) >= 11 is 5.93. The van der Waals surface area contributed by atoms with E-state index in [1.807, 2.05) is 36.4 Å². The van der Waals surface area contributed by atoms with E-state index in [2.05, 4.69) is 13.8 Å². The predicted octanol–water partition coefficient (Wildman–Crippen LogP) is 7.00. The molecule has 0 saturated heterocycles. The smallest absolute Gasteiger partial charge is 0.334 e. The second-order valence-electron chi connectivity index (χ2n) is 8.43. The minimum atomic E-state index is -1.08. The number of benzene rings is 2. The lowest BCUT2D eigenvalue weighted by atomic mass is 9.79. The summed E-state index contributed by atoms with van der Waals surface area (Å²) in [7, 11) is 0. The van der Waals surface area contributed by atoms with Gasteiger partial charge in [-0.15, -0.1) is 0 Å². The lowest BCUT2D eigenvalue weighted by Crippen LogP contribution is -2.45. The van der Waals surface area contributed by atoms with Gasteiger partial charge in [0.15, 0.2) is 5.60 Å². The van der Waals surface area contributed by atoms with Crippen LogP contribution in [0.5, 0.6) is 0 Å². The molecule has 0 radical (unpaired) electrons. The quantitative estimate of drug-likeness (QED) is 0.285. The van der Waals surface area contributed by atoms with E-state index in [9.17, 15) is 9.59 Å². The van der Waals surface area contributed by atoms with Crippen molar-refractivity contribution < 1.29 is 14.3 Å². The molecule has 0 unspecified atom stereocenters. The molecule has 0 atom stereocenters. The topological polar surface area (TPSA) is 43.4 Å². The van der Waals surface area contributed by atoms with E-state index in [1.165, 1.54) is 5.56 Å². The number of Topliss-reactive ketones (excluding diaryl/α,β-unsaturated/α-hetero) is 1. The van der Waals surface area contributed by atoms with E-state index < -0.39 is 11.6 Å². The highest BCUT2D eigenvalue weighted by Gasteiger charge is 2.43. The average Bonchev–Trinajstić information content (AvgIpc) is 2.75. The molecule has 30 heavy (non-hydrogen) atoms. The summed E-state index contributed by atoms with van der Waals surface area (Å²) in [6, 6.07) is 14.9. The summed E-state index contributed by atoms with van der Waals surface area (Å²) < 4.78 is 5.95. The van der Waals surface area contributed by atoms with Crippen LogP contribution in [0.25, 0.3) is 6.08 Å². The van der Waals surface area contributed by atoms with Gasteiger partial charge in [-0.2, -0.15) is 0 Å². The van der Waals surface area contributed by atoms with E-state index in [-0.39, 0.29) is 5.78 Å². The van der Waals surface area contributed by atoms with Crippen LogP contribution in [0, 0.1) is 0 Å². The summed E-state index contributed by atoms with van der Waals surface area (Å²) in [5.74, 6) is -0.138. The first-order chi connectivity index (χ1) is 14.3. The Morgan fingerprint density at radius 3 is 2.13 bits per heavy atom. The number of hydrogen-bond donors (Lipinski definition) is 0. The Morgan fingerprint density at radius 2 is 1.57 bits per heavy atom. The molecular formula is C26H29ClO3. The van der Waals surface area contributed by atoms with Crippen LogP contribution in [0.3, 0.4) is 0 Å². The van der Waals surface area contributed by atoms with Crippen LogP contribution >= 0.6 is 11.6 Å². The highest BCUT2D eigenvalue weighted by Crippen LogP contribution is 2.36. The van der Waals surface area contributed by atoms with Gasteiger partial charge in [0.1, 0.15) is 0 Å². The summed E-state index contributed by atoms with van der Waals surface area (Å²) in [6.45, 7) is 5.96. The highest BCUT2D eigenvalue weighted by molar-refractivity contribution is 6.30. The van der Waals surface area contributed by atoms with E-state index in [0.717, 1.165) is 24.8 Å². The van der Waals surface area contributed by atoms with Crippen molar-refractivity contribution in [3.63, 3.8) is 0 Å². The van der Waals surface area contributed by atoms with Crippen LogP contribution in [-0.2, 0) is 9.53 Å². The van der Waals surface area contributed by atoms with Crippen LogP contribution in [0.15, 0.2) is 54.1 Å². The van der Waals surface area contributed by atoms with Crippen LogP contribution in [-0.4, -0.2) is 17.4 Å². The molecule has 4 heteroatoms. The average molecular weight is 425 g/mol. The fourth-order valence-electron chi connectivity index (χ4n) is 3.91. The van der Waals surface area contributed by atoms with Crippen LogP contribution in [0.4, 0.5) is 0 Å². The molecule has 0 aliphatic heterocycles. The van der Waals surface area contributed by atoms with Crippen molar-refractivity contribution >= 4 is 29.4 Å². The van der Waals surface area contributed by atoms with Crippen molar-refractivity contribution in [3.05, 3.63) is 75.8 Å². The van der Waals surface area contributed by atoms with E-state index in [0.29, 0.717) is 34.9 Å². The molecule has 1 fully saturated rings. The molecule has 3 rings (SSSR count). The van der Waals surface area contributed by atoms with Gasteiger partial charge in [-0.3, -0.25) is 4.79 Å². The number of rotatable bonds is 6. The van der Waals surface area contributed by atoms with E-state index >= 15 is 0 Å². The lowest BCUT2D eigenvalue weighted by molar-refractivity contribution is -0.152. The zero-order valence-electron chi connectivity index (χ0n) is 17.9. The molecule has 158 valence electrons. The van der Waals surface area contributed by atoms with Gasteiger partial charge in [0.2, 0.25) is 5.78 Å². The van der Waals surface area contributed by atoms with Gasteiger partial charge >= 0.3 is 5.97 Å². The molecule has 2 aromatic rings. The van der Waals surface area contributed by atoms with Gasteiger partial charge in [-0.05, 0) is 67.9 Å². The monoisotopic (exact) mass is 424 g/mol. The van der Waals surface area contributed by atoms with Crippen molar-refractivity contribution in [1.82, 2.24) is 0 Å². The number of halogens is 1. The number of esters is 1. The molecule has 3 nitrogen and oxygen atoms in total. The molecule has 2 aromatic carbocycles. The first-order valence-corrected chi connectivity index (χ1v) is 11.0. The van der Waals surface area contributed by atoms with Gasteiger partial charge in [-0.25, -0.2) is 4.79 Å². The molecule has 0 N–H and O–H groups in total. The number of carbonyl (C=O) groups is 2. The first kappa shape index (κ1) is 22.3. The maximum atomic E-state index is 13.4. The molecule has 0 amide bonds. The Balaban J connectivity index is 1.83. The maximum absolute atomic E-state index is 13.4. The van der Waals surface area contributed by atoms with Crippen molar-refractivity contribution in [2.45, 2.75) is 64.4 Å². The Labute approximate surface area is 184 Å². The first-order valence-electron chi connectivity index (χ1n) is 10.6. The Bertz CT molecular complexity index is 918. The molecular weight excluding hydrogens is 396 g/mol. The number of ether oxygens (including phenoxy) is 1. The zero-order chi connectivity index (χ0) is 21.7. The fourth-order valence-corrected chi connectivity index (χ4v) is 4.03. The van der Waals surface area contributed by atoms with Crippen LogP contribution < -0.4 is 0 Å². The van der Waals surface area contributed by atoms with Gasteiger partial charge in [0.05, 0.1) is 0 Å². The summed E-state index contributed by atoms with van der Waals surface area (Å²) in [5.41, 5.74) is 2.04. The third-order valence-corrected chi connectivity index (χ3v) is 6.03. The maximum Gasteiger partial charge on any atom is 0.334 e. The Morgan fingerprint density at radius 1 is 0.967 bits per heavy atom.